The lowest BCUT2D eigenvalue weighted by Gasteiger charge is -1.95. The molecule has 1 fully saturated rings. The van der Waals surface area contributed by atoms with Crippen molar-refractivity contribution in [3.63, 3.8) is 0 Å². The number of ketones is 1. The van der Waals surface area contributed by atoms with Crippen LogP contribution in [0.2, 0.25) is 0 Å². The number of ether oxygens (including phenoxy) is 1. The number of rotatable bonds is 2. The second kappa shape index (κ2) is 3.62. The van der Waals surface area contributed by atoms with Gasteiger partial charge < -0.3 is 10.1 Å². The molecule has 1 saturated heterocycles. The molecule has 1 aromatic heterocycles. The Hall–Kier alpha value is -1.29. The largest absolute Gasteiger partial charge is 0.477 e. The number of allylic oxidation sites excluding steroid dienone is 1. The Balaban J connectivity index is 2.10. The first-order valence-electron chi connectivity index (χ1n) is 4.02. The molecule has 0 radical (unpaired) electrons. The molecule has 0 unspecified atom stereocenters. The van der Waals surface area contributed by atoms with Gasteiger partial charge in [-0.2, -0.15) is 0 Å². The highest BCUT2D eigenvalue weighted by molar-refractivity contribution is 7.12. The Morgan fingerprint density at radius 3 is 3.23 bits per heavy atom. The molecular weight excluding hydrogens is 186 g/mol. The third-order valence-corrected chi connectivity index (χ3v) is 2.57. The lowest BCUT2D eigenvalue weighted by molar-refractivity contribution is 0.104. The number of carbonyl (C=O) groups is 1. The Labute approximate surface area is 80.0 Å². The maximum absolute atomic E-state index is 11.5. The molecule has 3 nitrogen and oxygen atoms in total. The molecule has 13 heavy (non-hydrogen) atoms. The molecule has 0 spiro atoms. The van der Waals surface area contributed by atoms with Crippen LogP contribution in [0.15, 0.2) is 29.5 Å². The molecular formula is C9H9NO2S. The Morgan fingerprint density at radius 2 is 2.62 bits per heavy atom. The predicted molar refractivity (Wildman–Crippen MR) is 50.7 cm³/mol. The first kappa shape index (κ1) is 8.31. The summed E-state index contributed by atoms with van der Waals surface area (Å²) in [6, 6.07) is 3.67. The van der Waals surface area contributed by atoms with Crippen molar-refractivity contribution < 1.29 is 9.53 Å². The monoisotopic (exact) mass is 195 g/mol. The van der Waals surface area contributed by atoms with E-state index in [-0.39, 0.29) is 5.78 Å². The van der Waals surface area contributed by atoms with E-state index < -0.39 is 0 Å². The van der Waals surface area contributed by atoms with Gasteiger partial charge >= 0.3 is 0 Å². The number of carbonyl (C=O) groups excluding carboxylic acids is 1. The van der Waals surface area contributed by atoms with E-state index in [9.17, 15) is 4.79 Å². The molecule has 0 amide bonds. The van der Waals surface area contributed by atoms with Crippen LogP contribution >= 0.6 is 11.3 Å². The molecule has 68 valence electrons. The first-order valence-corrected chi connectivity index (χ1v) is 4.90. The summed E-state index contributed by atoms with van der Waals surface area (Å²) >= 11 is 1.44. The number of hydrogen-bond acceptors (Lipinski definition) is 4. The normalized spacial score (nSPS) is 18.3. The summed E-state index contributed by atoms with van der Waals surface area (Å²) in [7, 11) is 0. The van der Waals surface area contributed by atoms with Crippen LogP contribution in [0.1, 0.15) is 9.67 Å². The van der Waals surface area contributed by atoms with E-state index >= 15 is 0 Å². The van der Waals surface area contributed by atoms with Crippen molar-refractivity contribution in [2.45, 2.75) is 0 Å². The summed E-state index contributed by atoms with van der Waals surface area (Å²) in [6.45, 7) is 1.42. The quantitative estimate of drug-likeness (QED) is 0.572. The molecule has 1 N–H and O–H groups in total. The predicted octanol–water partition coefficient (Wildman–Crippen LogP) is 1.39. The summed E-state index contributed by atoms with van der Waals surface area (Å²) in [5.74, 6) is 0.581. The average molecular weight is 195 g/mol. The Morgan fingerprint density at radius 1 is 1.69 bits per heavy atom. The van der Waals surface area contributed by atoms with Crippen molar-refractivity contribution in [1.82, 2.24) is 5.32 Å². The molecule has 1 aliphatic rings. The highest BCUT2D eigenvalue weighted by Crippen LogP contribution is 2.11. The molecule has 2 heterocycles. The van der Waals surface area contributed by atoms with Crippen LogP contribution in [0, 0.1) is 0 Å². The highest BCUT2D eigenvalue weighted by Gasteiger charge is 2.10. The average Bonchev–Trinajstić information content (AvgIpc) is 2.74. The summed E-state index contributed by atoms with van der Waals surface area (Å²) in [5, 5.41) is 4.86. The van der Waals surface area contributed by atoms with Crippen LogP contribution in [-0.2, 0) is 4.74 Å². The van der Waals surface area contributed by atoms with Crippen LogP contribution in [-0.4, -0.2) is 18.9 Å². The Kier molecular flexibility index (Phi) is 2.31. The van der Waals surface area contributed by atoms with E-state index in [4.69, 9.17) is 4.74 Å². The van der Waals surface area contributed by atoms with Gasteiger partial charge in [0, 0.05) is 6.08 Å². The summed E-state index contributed by atoms with van der Waals surface area (Å²) < 4.78 is 5.16. The van der Waals surface area contributed by atoms with Crippen molar-refractivity contribution in [1.29, 1.82) is 0 Å². The third-order valence-electron chi connectivity index (χ3n) is 1.69. The zero-order valence-electron chi connectivity index (χ0n) is 6.95. The molecule has 0 saturated carbocycles. The molecule has 1 aliphatic heterocycles. The topological polar surface area (TPSA) is 38.3 Å². The van der Waals surface area contributed by atoms with Gasteiger partial charge in [-0.15, -0.1) is 11.3 Å². The second-order valence-electron chi connectivity index (χ2n) is 2.63. The van der Waals surface area contributed by atoms with Crippen molar-refractivity contribution in [2.24, 2.45) is 0 Å². The van der Waals surface area contributed by atoms with Gasteiger partial charge in [0.15, 0.2) is 5.88 Å². The molecule has 0 aromatic carbocycles. The first-order chi connectivity index (χ1) is 6.36. The van der Waals surface area contributed by atoms with Crippen LogP contribution in [0.5, 0.6) is 0 Å². The van der Waals surface area contributed by atoms with E-state index in [0.717, 1.165) is 11.4 Å². The van der Waals surface area contributed by atoms with Crippen LogP contribution < -0.4 is 5.32 Å². The minimum atomic E-state index is -0.000556. The molecule has 0 aliphatic carbocycles. The lowest BCUT2D eigenvalue weighted by Crippen LogP contribution is -2.06. The van der Waals surface area contributed by atoms with Crippen LogP contribution in [0.3, 0.4) is 0 Å². The lowest BCUT2D eigenvalue weighted by atomic mass is 10.3. The van der Waals surface area contributed by atoms with Gasteiger partial charge in [0.05, 0.1) is 11.4 Å². The smallest absolute Gasteiger partial charge is 0.201 e. The Bertz CT molecular complexity index is 321. The maximum Gasteiger partial charge on any atom is 0.201 e. The number of thiophene rings is 1. The van der Waals surface area contributed by atoms with Crippen LogP contribution in [0.4, 0.5) is 0 Å². The maximum atomic E-state index is 11.5. The zero-order valence-corrected chi connectivity index (χ0v) is 7.76. The summed E-state index contributed by atoms with van der Waals surface area (Å²) in [4.78, 5) is 12.2. The van der Waals surface area contributed by atoms with Crippen molar-refractivity contribution >= 4 is 17.1 Å². The second-order valence-corrected chi connectivity index (χ2v) is 3.57. The molecule has 4 heteroatoms. The minimum absolute atomic E-state index is 0.000556. The number of nitrogens with one attached hydrogen (secondary N) is 1. The van der Waals surface area contributed by atoms with Gasteiger partial charge in [0.25, 0.3) is 0 Å². The van der Waals surface area contributed by atoms with E-state index in [1.54, 1.807) is 6.07 Å². The van der Waals surface area contributed by atoms with Gasteiger partial charge in [0.2, 0.25) is 5.78 Å². The van der Waals surface area contributed by atoms with E-state index in [2.05, 4.69) is 5.32 Å². The fourth-order valence-electron chi connectivity index (χ4n) is 1.09. The van der Waals surface area contributed by atoms with E-state index in [1.807, 2.05) is 11.4 Å². The van der Waals surface area contributed by atoms with Gasteiger partial charge in [-0.1, -0.05) is 6.07 Å². The minimum Gasteiger partial charge on any atom is -0.477 e. The zero-order chi connectivity index (χ0) is 9.10. The van der Waals surface area contributed by atoms with Gasteiger partial charge in [0.1, 0.15) is 6.61 Å². The highest BCUT2D eigenvalue weighted by atomic mass is 32.1. The summed E-state index contributed by atoms with van der Waals surface area (Å²) in [5.41, 5.74) is 0. The SMILES string of the molecule is O=C(/C=C1/NCCO1)c1cccs1. The fraction of sp³-hybridized carbons (Fsp3) is 0.222. The fourth-order valence-corrected chi connectivity index (χ4v) is 1.72. The van der Waals surface area contributed by atoms with Gasteiger partial charge in [-0.3, -0.25) is 4.79 Å². The van der Waals surface area contributed by atoms with Gasteiger partial charge in [-0.25, -0.2) is 0 Å². The van der Waals surface area contributed by atoms with Crippen molar-refractivity contribution in [2.75, 3.05) is 13.2 Å². The van der Waals surface area contributed by atoms with Gasteiger partial charge in [-0.05, 0) is 11.4 Å². The molecule has 0 atom stereocenters. The van der Waals surface area contributed by atoms with Crippen LogP contribution in [0.25, 0.3) is 0 Å². The molecule has 0 bridgehead atoms. The molecule has 2 rings (SSSR count). The van der Waals surface area contributed by atoms with E-state index in [0.29, 0.717) is 12.5 Å². The molecule has 1 aromatic rings. The summed E-state index contributed by atoms with van der Waals surface area (Å²) in [6.07, 6.45) is 1.50. The van der Waals surface area contributed by atoms with Crippen molar-refractivity contribution in [3.8, 4) is 0 Å². The van der Waals surface area contributed by atoms with Crippen molar-refractivity contribution in [3.05, 3.63) is 34.3 Å². The van der Waals surface area contributed by atoms with E-state index in [1.165, 1.54) is 17.4 Å². The number of hydrogen-bond donors (Lipinski definition) is 1. The third kappa shape index (κ3) is 1.89. The standard InChI is InChI=1S/C9H9NO2S/c11-7(8-2-1-5-13-8)6-9-10-3-4-12-9/h1-2,5-6,10H,3-4H2/b9-6-.